The average molecular weight is 278 g/mol. The van der Waals surface area contributed by atoms with E-state index in [1.807, 2.05) is 32.0 Å². The zero-order chi connectivity index (χ0) is 14.0. The molecular weight excluding hydrogens is 260 g/mol. The van der Waals surface area contributed by atoms with Gasteiger partial charge in [-0.25, -0.2) is 0 Å². The Morgan fingerprint density at radius 2 is 2.05 bits per heavy atom. The number of carbonyl (C=O) groups excluding carboxylic acids is 1. The second-order valence-corrected chi connectivity index (χ2v) is 5.21. The van der Waals surface area contributed by atoms with Gasteiger partial charge in [-0.3, -0.25) is 4.79 Å². The normalized spacial score (nSPS) is 10.7. The van der Waals surface area contributed by atoms with Gasteiger partial charge >= 0.3 is 0 Å². The summed E-state index contributed by atoms with van der Waals surface area (Å²) in [7, 11) is 1.61. The van der Waals surface area contributed by atoms with Crippen molar-refractivity contribution in [1.82, 2.24) is 4.90 Å². The molecule has 0 atom stereocenters. The Morgan fingerprint density at radius 3 is 2.63 bits per heavy atom. The second-order valence-electron chi connectivity index (χ2n) is 4.16. The molecule has 2 rings (SSSR count). The predicted octanol–water partition coefficient (Wildman–Crippen LogP) is 2.97. The summed E-state index contributed by atoms with van der Waals surface area (Å²) >= 11 is 1.42. The lowest BCUT2D eigenvalue weighted by Crippen LogP contribution is -2.30. The van der Waals surface area contributed by atoms with Crippen molar-refractivity contribution in [2.45, 2.75) is 13.8 Å². The number of hydrogen-bond donors (Lipinski definition) is 1. The molecular formula is C14H18N2O2S. The van der Waals surface area contributed by atoms with Crippen LogP contribution in [0.15, 0.2) is 18.2 Å². The van der Waals surface area contributed by atoms with E-state index in [9.17, 15) is 4.79 Å². The number of nitrogens with two attached hydrogens (primary N) is 1. The molecule has 0 fully saturated rings. The molecule has 0 unspecified atom stereocenters. The molecule has 2 N–H and O–H groups in total. The number of rotatable bonds is 4. The molecule has 1 amide bonds. The van der Waals surface area contributed by atoms with E-state index < -0.39 is 0 Å². The van der Waals surface area contributed by atoms with Crippen LogP contribution in [-0.2, 0) is 0 Å². The van der Waals surface area contributed by atoms with Crippen molar-refractivity contribution in [3.05, 3.63) is 23.1 Å². The van der Waals surface area contributed by atoms with Gasteiger partial charge in [0.25, 0.3) is 5.91 Å². The number of benzene rings is 1. The van der Waals surface area contributed by atoms with Crippen molar-refractivity contribution in [3.63, 3.8) is 0 Å². The number of anilines is 1. The number of fused-ring (bicyclic) bond motifs is 1. The molecule has 4 nitrogen and oxygen atoms in total. The number of hydrogen-bond acceptors (Lipinski definition) is 4. The summed E-state index contributed by atoms with van der Waals surface area (Å²) in [6, 6.07) is 5.72. The largest absolute Gasteiger partial charge is 0.496 e. The number of nitrogens with zero attached hydrogens (tertiary/aromatic N) is 1. The first-order valence-corrected chi connectivity index (χ1v) is 7.09. The van der Waals surface area contributed by atoms with Crippen LogP contribution in [0.25, 0.3) is 10.1 Å². The van der Waals surface area contributed by atoms with Crippen molar-refractivity contribution in [2.75, 3.05) is 25.9 Å². The molecule has 102 valence electrons. The number of amides is 1. The van der Waals surface area contributed by atoms with Crippen molar-refractivity contribution in [2.24, 2.45) is 0 Å². The third-order valence-corrected chi connectivity index (χ3v) is 4.34. The molecule has 0 spiro atoms. The van der Waals surface area contributed by atoms with Crippen molar-refractivity contribution < 1.29 is 9.53 Å². The van der Waals surface area contributed by atoms with Crippen molar-refractivity contribution in [3.8, 4) is 5.75 Å². The summed E-state index contributed by atoms with van der Waals surface area (Å²) < 4.78 is 6.30. The number of nitrogen functional groups attached to an aromatic ring is 1. The second kappa shape index (κ2) is 5.48. The maximum absolute atomic E-state index is 12.4. The SMILES string of the molecule is CCN(CC)C(=O)c1sc2cccc(OC)c2c1N. The Bertz CT molecular complexity index is 603. The number of ether oxygens (including phenoxy) is 1. The van der Waals surface area contributed by atoms with Crippen LogP contribution < -0.4 is 10.5 Å². The summed E-state index contributed by atoms with van der Waals surface area (Å²) in [5.41, 5.74) is 6.67. The highest BCUT2D eigenvalue weighted by atomic mass is 32.1. The van der Waals surface area contributed by atoms with Gasteiger partial charge in [-0.2, -0.15) is 0 Å². The van der Waals surface area contributed by atoms with Gasteiger partial charge in [0.1, 0.15) is 10.6 Å². The fraction of sp³-hybridized carbons (Fsp3) is 0.357. The van der Waals surface area contributed by atoms with Gasteiger partial charge in [0.2, 0.25) is 0 Å². The van der Waals surface area contributed by atoms with E-state index in [0.717, 1.165) is 10.1 Å². The van der Waals surface area contributed by atoms with Gasteiger partial charge in [0.05, 0.1) is 18.2 Å². The van der Waals surface area contributed by atoms with E-state index in [0.29, 0.717) is 29.4 Å². The Morgan fingerprint density at radius 1 is 1.37 bits per heavy atom. The van der Waals surface area contributed by atoms with E-state index in [-0.39, 0.29) is 5.91 Å². The first kappa shape index (κ1) is 13.7. The molecule has 0 aliphatic carbocycles. The quantitative estimate of drug-likeness (QED) is 0.935. The summed E-state index contributed by atoms with van der Waals surface area (Å²) in [6.45, 7) is 5.29. The van der Waals surface area contributed by atoms with Crippen molar-refractivity contribution in [1.29, 1.82) is 0 Å². The monoisotopic (exact) mass is 278 g/mol. The van der Waals surface area contributed by atoms with Gasteiger partial charge in [0.15, 0.2) is 0 Å². The van der Waals surface area contributed by atoms with Crippen LogP contribution in [0.2, 0.25) is 0 Å². The summed E-state index contributed by atoms with van der Waals surface area (Å²) in [4.78, 5) is 14.8. The number of thiophene rings is 1. The van der Waals surface area contributed by atoms with E-state index in [4.69, 9.17) is 10.5 Å². The molecule has 2 aromatic rings. The van der Waals surface area contributed by atoms with Crippen LogP contribution in [0.1, 0.15) is 23.5 Å². The lowest BCUT2D eigenvalue weighted by Gasteiger charge is -2.17. The van der Waals surface area contributed by atoms with Gasteiger partial charge in [-0.15, -0.1) is 11.3 Å². The smallest absolute Gasteiger partial charge is 0.266 e. The molecule has 0 bridgehead atoms. The maximum Gasteiger partial charge on any atom is 0.266 e. The van der Waals surface area contributed by atoms with E-state index in [1.165, 1.54) is 11.3 Å². The molecule has 0 aliphatic heterocycles. The fourth-order valence-corrected chi connectivity index (χ4v) is 3.23. The highest BCUT2D eigenvalue weighted by Crippen LogP contribution is 2.39. The third kappa shape index (κ3) is 2.26. The zero-order valence-electron chi connectivity index (χ0n) is 11.4. The Hall–Kier alpha value is -1.75. The Balaban J connectivity index is 2.57. The Labute approximate surface area is 116 Å². The molecule has 19 heavy (non-hydrogen) atoms. The maximum atomic E-state index is 12.4. The minimum atomic E-state index is -0.00856. The minimum absolute atomic E-state index is 0.00856. The summed E-state index contributed by atoms with van der Waals surface area (Å²) in [6.07, 6.45) is 0. The highest BCUT2D eigenvalue weighted by Gasteiger charge is 2.21. The van der Waals surface area contributed by atoms with Gasteiger partial charge in [0, 0.05) is 17.8 Å². The molecule has 0 radical (unpaired) electrons. The van der Waals surface area contributed by atoms with Gasteiger partial charge in [-0.05, 0) is 26.0 Å². The van der Waals surface area contributed by atoms with E-state index in [2.05, 4.69) is 0 Å². The summed E-state index contributed by atoms with van der Waals surface area (Å²) in [5, 5.41) is 0.838. The molecule has 5 heteroatoms. The molecule has 1 aromatic heterocycles. The van der Waals surface area contributed by atoms with Crippen LogP contribution >= 0.6 is 11.3 Å². The molecule has 0 saturated heterocycles. The number of carbonyl (C=O) groups is 1. The van der Waals surface area contributed by atoms with Crippen LogP contribution in [0.3, 0.4) is 0 Å². The zero-order valence-corrected chi connectivity index (χ0v) is 12.2. The standard InChI is InChI=1S/C14H18N2O2S/c1-4-16(5-2)14(17)13-12(15)11-9(18-3)7-6-8-10(11)19-13/h6-8H,4-5,15H2,1-3H3. The average Bonchev–Trinajstić information content (AvgIpc) is 2.77. The first-order valence-electron chi connectivity index (χ1n) is 6.28. The molecule has 1 heterocycles. The molecule has 1 aromatic carbocycles. The van der Waals surface area contributed by atoms with E-state index >= 15 is 0 Å². The Kier molecular flexibility index (Phi) is 3.95. The van der Waals surface area contributed by atoms with Gasteiger partial charge in [-0.1, -0.05) is 6.07 Å². The van der Waals surface area contributed by atoms with E-state index in [1.54, 1.807) is 12.0 Å². The van der Waals surface area contributed by atoms with Crippen LogP contribution in [-0.4, -0.2) is 31.0 Å². The lowest BCUT2D eigenvalue weighted by atomic mass is 10.2. The first-order chi connectivity index (χ1) is 9.13. The molecule has 0 aliphatic rings. The number of methoxy groups -OCH3 is 1. The highest BCUT2D eigenvalue weighted by molar-refractivity contribution is 7.21. The predicted molar refractivity (Wildman–Crippen MR) is 80.0 cm³/mol. The minimum Gasteiger partial charge on any atom is -0.496 e. The molecule has 0 saturated carbocycles. The lowest BCUT2D eigenvalue weighted by molar-refractivity contribution is 0.0779. The third-order valence-electron chi connectivity index (χ3n) is 3.18. The van der Waals surface area contributed by atoms with Crippen LogP contribution in [0.4, 0.5) is 5.69 Å². The fourth-order valence-electron chi connectivity index (χ4n) is 2.12. The van der Waals surface area contributed by atoms with Crippen molar-refractivity contribution >= 4 is 33.0 Å². The van der Waals surface area contributed by atoms with Crippen LogP contribution in [0, 0.1) is 0 Å². The summed E-state index contributed by atoms with van der Waals surface area (Å²) in [5.74, 6) is 0.704. The topological polar surface area (TPSA) is 55.6 Å². The van der Waals surface area contributed by atoms with Gasteiger partial charge < -0.3 is 15.4 Å². The van der Waals surface area contributed by atoms with Crippen LogP contribution in [0.5, 0.6) is 5.75 Å².